The summed E-state index contributed by atoms with van der Waals surface area (Å²) in [6.07, 6.45) is 3.63. The molecule has 236 valence electrons. The van der Waals surface area contributed by atoms with Gasteiger partial charge in [-0.05, 0) is 121 Å². The third kappa shape index (κ3) is 7.18. The van der Waals surface area contributed by atoms with Crippen molar-refractivity contribution in [1.29, 1.82) is 0 Å². The Balaban J connectivity index is 1.17. The number of rotatable bonds is 12. The van der Waals surface area contributed by atoms with Gasteiger partial charge in [-0.1, -0.05) is 60.7 Å². The summed E-state index contributed by atoms with van der Waals surface area (Å²) in [6, 6.07) is 37.1. The summed E-state index contributed by atoms with van der Waals surface area (Å²) >= 11 is 0. The van der Waals surface area contributed by atoms with Crippen LogP contribution in [-0.4, -0.2) is 21.5 Å². The van der Waals surface area contributed by atoms with Gasteiger partial charge in [-0.2, -0.15) is 10.2 Å². The van der Waals surface area contributed by atoms with Crippen LogP contribution in [-0.2, 0) is 22.7 Å². The second-order valence-corrected chi connectivity index (χ2v) is 13.2. The number of hydrogen-bond acceptors (Lipinski definition) is 8. The average Bonchev–Trinajstić information content (AvgIpc) is 3.12. The fourth-order valence-electron chi connectivity index (χ4n) is 5.63. The van der Waals surface area contributed by atoms with Crippen molar-refractivity contribution in [1.82, 2.24) is 0 Å². The van der Waals surface area contributed by atoms with E-state index in [1.165, 1.54) is 11.1 Å². The Bertz CT molecular complexity index is 2030. The first-order valence-electron chi connectivity index (χ1n) is 15.7. The van der Waals surface area contributed by atoms with Gasteiger partial charge in [0.25, 0.3) is 0 Å². The average molecular weight is 641 g/mol. The molecule has 6 aromatic carbocycles. The molecular weight excluding hydrogens is 605 g/mol. The van der Waals surface area contributed by atoms with Crippen molar-refractivity contribution in [3.63, 3.8) is 0 Å². The zero-order valence-electron chi connectivity index (χ0n) is 26.0. The molecule has 8 nitrogen and oxygen atoms in total. The molecule has 47 heavy (non-hydrogen) atoms. The van der Waals surface area contributed by atoms with Crippen LogP contribution in [0.1, 0.15) is 24.0 Å². The van der Waals surface area contributed by atoms with E-state index in [9.17, 15) is 8.42 Å². The Labute approximate surface area is 274 Å². The van der Waals surface area contributed by atoms with Crippen LogP contribution in [0, 0.1) is 0 Å². The maximum atomic E-state index is 13.4. The first kappa shape index (κ1) is 31.9. The van der Waals surface area contributed by atoms with E-state index in [-0.39, 0.29) is 9.79 Å². The number of hydrogen-bond donors (Lipinski definition) is 2. The lowest BCUT2D eigenvalue weighted by molar-refractivity contribution is 0.596. The molecule has 0 bridgehead atoms. The predicted octanol–water partition coefficient (Wildman–Crippen LogP) is 9.44. The van der Waals surface area contributed by atoms with Gasteiger partial charge in [-0.25, -0.2) is 8.42 Å². The van der Waals surface area contributed by atoms with Gasteiger partial charge in [0.2, 0.25) is 9.84 Å². The first-order chi connectivity index (χ1) is 23.0. The summed E-state index contributed by atoms with van der Waals surface area (Å²) in [6.45, 7) is 1.28. The summed E-state index contributed by atoms with van der Waals surface area (Å²) in [5.74, 6) is 0. The third-order valence-corrected chi connectivity index (χ3v) is 9.91. The van der Waals surface area contributed by atoms with E-state index in [0.717, 1.165) is 58.6 Å². The van der Waals surface area contributed by atoms with Crippen LogP contribution < -0.4 is 11.5 Å². The number of azo groups is 2. The van der Waals surface area contributed by atoms with Gasteiger partial charge < -0.3 is 11.5 Å². The summed E-state index contributed by atoms with van der Waals surface area (Å²) in [4.78, 5) is 0.337. The molecule has 0 heterocycles. The quantitative estimate of drug-likeness (QED) is 0.129. The summed E-state index contributed by atoms with van der Waals surface area (Å²) in [5, 5.41) is 22.0. The molecule has 0 amide bonds. The van der Waals surface area contributed by atoms with Crippen molar-refractivity contribution in [2.45, 2.75) is 35.5 Å². The lowest BCUT2D eigenvalue weighted by Gasteiger charge is -2.08. The van der Waals surface area contributed by atoms with Gasteiger partial charge in [-0.3, -0.25) is 0 Å². The summed E-state index contributed by atoms with van der Waals surface area (Å²) in [7, 11) is -3.75. The second kappa shape index (κ2) is 14.6. The van der Waals surface area contributed by atoms with E-state index in [0.29, 0.717) is 24.5 Å². The van der Waals surface area contributed by atoms with Crippen LogP contribution in [0.3, 0.4) is 0 Å². The van der Waals surface area contributed by atoms with E-state index in [4.69, 9.17) is 11.5 Å². The Morgan fingerprint density at radius 1 is 0.447 bits per heavy atom. The monoisotopic (exact) mass is 640 g/mol. The number of benzene rings is 6. The molecule has 0 saturated carbocycles. The Hall–Kier alpha value is -5.09. The molecule has 0 spiro atoms. The third-order valence-electron chi connectivity index (χ3n) is 8.12. The molecule has 0 fully saturated rings. The molecule has 0 saturated heterocycles. The standard InChI is InChI=1S/C38H36N6O2S/c39-25-5-7-27-13-23-37(35-11-3-1-9-33(27)35)43-41-29-15-19-31(20-16-29)47(45,46)32-21-17-30(18-22-32)42-44-38-24-14-28(8-6-26-40)34-10-2-4-12-36(34)38/h1-4,9-24H,5-8,25-26,39-40H2. The summed E-state index contributed by atoms with van der Waals surface area (Å²) in [5.41, 5.74) is 16.5. The number of sulfone groups is 1. The topological polar surface area (TPSA) is 136 Å². The molecule has 0 aliphatic carbocycles. The van der Waals surface area contributed by atoms with Gasteiger partial charge in [0.1, 0.15) is 0 Å². The lowest BCUT2D eigenvalue weighted by atomic mass is 10.00. The molecule has 6 rings (SSSR count). The Morgan fingerprint density at radius 3 is 1.21 bits per heavy atom. The van der Waals surface area contributed by atoms with Crippen LogP contribution in [0.4, 0.5) is 22.7 Å². The van der Waals surface area contributed by atoms with Crippen molar-refractivity contribution in [2.75, 3.05) is 13.1 Å². The highest BCUT2D eigenvalue weighted by molar-refractivity contribution is 7.91. The number of fused-ring (bicyclic) bond motifs is 2. The van der Waals surface area contributed by atoms with Crippen molar-refractivity contribution in [3.05, 3.63) is 132 Å². The number of nitrogens with two attached hydrogens (primary N) is 2. The first-order valence-corrected chi connectivity index (χ1v) is 17.2. The largest absolute Gasteiger partial charge is 0.330 e. The fourth-order valence-corrected chi connectivity index (χ4v) is 6.89. The van der Waals surface area contributed by atoms with E-state index in [1.807, 2.05) is 48.5 Å². The Kier molecular flexibility index (Phi) is 9.87. The van der Waals surface area contributed by atoms with E-state index in [1.54, 1.807) is 48.5 Å². The molecule has 0 atom stereocenters. The van der Waals surface area contributed by atoms with E-state index in [2.05, 4.69) is 44.7 Å². The maximum absolute atomic E-state index is 13.4. The fraction of sp³-hybridized carbons (Fsp3) is 0.158. The molecule has 0 aliphatic heterocycles. The molecule has 9 heteroatoms. The zero-order valence-corrected chi connectivity index (χ0v) is 26.8. The van der Waals surface area contributed by atoms with Crippen LogP contribution in [0.25, 0.3) is 21.5 Å². The Morgan fingerprint density at radius 2 is 0.830 bits per heavy atom. The number of aryl methyl sites for hydroxylation is 2. The molecule has 0 aromatic heterocycles. The zero-order chi connectivity index (χ0) is 32.6. The minimum atomic E-state index is -3.75. The van der Waals surface area contributed by atoms with Crippen molar-refractivity contribution in [2.24, 2.45) is 31.9 Å². The van der Waals surface area contributed by atoms with E-state index >= 15 is 0 Å². The normalized spacial score (nSPS) is 12.1. The van der Waals surface area contributed by atoms with Crippen molar-refractivity contribution < 1.29 is 8.42 Å². The molecular formula is C38H36N6O2S. The van der Waals surface area contributed by atoms with Crippen LogP contribution in [0.2, 0.25) is 0 Å². The van der Waals surface area contributed by atoms with Gasteiger partial charge in [-0.15, -0.1) is 10.2 Å². The maximum Gasteiger partial charge on any atom is 0.206 e. The van der Waals surface area contributed by atoms with Crippen molar-refractivity contribution >= 4 is 54.1 Å². The van der Waals surface area contributed by atoms with Gasteiger partial charge >= 0.3 is 0 Å². The second-order valence-electron chi connectivity index (χ2n) is 11.3. The van der Waals surface area contributed by atoms with Crippen LogP contribution >= 0.6 is 0 Å². The minimum Gasteiger partial charge on any atom is -0.330 e. The molecule has 0 radical (unpaired) electrons. The molecule has 4 N–H and O–H groups in total. The molecule has 0 aliphatic rings. The smallest absolute Gasteiger partial charge is 0.206 e. The van der Waals surface area contributed by atoms with Gasteiger partial charge in [0.15, 0.2) is 0 Å². The van der Waals surface area contributed by atoms with Gasteiger partial charge in [0.05, 0.1) is 32.5 Å². The molecule has 6 aromatic rings. The minimum absolute atomic E-state index is 0.168. The lowest BCUT2D eigenvalue weighted by Crippen LogP contribution is -2.01. The number of nitrogens with zero attached hydrogens (tertiary/aromatic N) is 4. The SMILES string of the molecule is NCCCc1ccc(N=Nc2ccc(S(=O)(=O)c3ccc(N=Nc4ccc(CCCN)c5ccccc45)cc3)cc2)c2ccccc12. The highest BCUT2D eigenvalue weighted by Gasteiger charge is 2.17. The predicted molar refractivity (Wildman–Crippen MR) is 189 cm³/mol. The summed E-state index contributed by atoms with van der Waals surface area (Å²) < 4.78 is 26.8. The highest BCUT2D eigenvalue weighted by Crippen LogP contribution is 2.33. The van der Waals surface area contributed by atoms with Crippen LogP contribution in [0.5, 0.6) is 0 Å². The van der Waals surface area contributed by atoms with Gasteiger partial charge in [0, 0.05) is 10.8 Å². The highest BCUT2D eigenvalue weighted by atomic mass is 32.2. The van der Waals surface area contributed by atoms with E-state index < -0.39 is 9.84 Å². The van der Waals surface area contributed by atoms with Crippen molar-refractivity contribution in [3.8, 4) is 0 Å². The molecule has 0 unspecified atom stereocenters. The van der Waals surface area contributed by atoms with Crippen LogP contribution in [0.15, 0.2) is 152 Å².